The van der Waals surface area contributed by atoms with Gasteiger partial charge < -0.3 is 10.2 Å². The van der Waals surface area contributed by atoms with Crippen molar-refractivity contribution in [2.45, 2.75) is 24.9 Å². The Bertz CT molecular complexity index is 560. The third-order valence-corrected chi connectivity index (χ3v) is 5.26. The van der Waals surface area contributed by atoms with Crippen LogP contribution in [0, 0.1) is 11.8 Å². The first kappa shape index (κ1) is 12.2. The van der Waals surface area contributed by atoms with Gasteiger partial charge in [-0.15, -0.1) is 0 Å². The molecule has 2 heteroatoms. The van der Waals surface area contributed by atoms with E-state index in [0.717, 1.165) is 12.5 Å². The van der Waals surface area contributed by atoms with E-state index in [0.29, 0.717) is 18.0 Å². The van der Waals surface area contributed by atoms with Gasteiger partial charge in [0.05, 0.1) is 0 Å². The lowest BCUT2D eigenvalue weighted by atomic mass is 9.75. The van der Waals surface area contributed by atoms with Crippen LogP contribution in [-0.4, -0.2) is 19.6 Å². The molecule has 1 aliphatic carbocycles. The van der Waals surface area contributed by atoms with E-state index in [2.05, 4.69) is 65.8 Å². The average Bonchev–Trinajstić information content (AvgIpc) is 2.98. The number of nitrogens with zero attached hydrogens (tertiary/aromatic N) is 1. The quantitative estimate of drug-likeness (QED) is 0.839. The minimum Gasteiger partial charge on any atom is -0.370 e. The molecule has 2 aliphatic heterocycles. The molecule has 2 nitrogen and oxygen atoms in total. The Labute approximate surface area is 121 Å². The molecule has 0 aromatic heterocycles. The Morgan fingerprint density at radius 1 is 1.20 bits per heavy atom. The summed E-state index contributed by atoms with van der Waals surface area (Å²) in [5.41, 5.74) is 2.90. The van der Waals surface area contributed by atoms with Gasteiger partial charge in [0.25, 0.3) is 0 Å². The molecule has 1 fully saturated rings. The maximum absolute atomic E-state index is 3.74. The molecule has 1 aromatic rings. The molecule has 4 atom stereocenters. The number of nitrogens with one attached hydrogen (secondary N) is 1. The highest BCUT2D eigenvalue weighted by atomic mass is 15.2. The normalized spacial score (nSPS) is 35.0. The van der Waals surface area contributed by atoms with Crippen LogP contribution in [0.15, 0.2) is 48.6 Å². The molecule has 104 valence electrons. The van der Waals surface area contributed by atoms with Crippen LogP contribution in [0.5, 0.6) is 0 Å². The number of anilines is 1. The number of allylic oxidation sites excluding steroid dienone is 3. The second kappa shape index (κ2) is 4.78. The zero-order valence-electron chi connectivity index (χ0n) is 12.0. The van der Waals surface area contributed by atoms with E-state index < -0.39 is 0 Å². The highest BCUT2D eigenvalue weighted by Crippen LogP contribution is 2.46. The van der Waals surface area contributed by atoms with Gasteiger partial charge in [0.15, 0.2) is 0 Å². The van der Waals surface area contributed by atoms with E-state index in [9.17, 15) is 0 Å². The number of hydrogen-bond donors (Lipinski definition) is 1. The molecule has 0 radical (unpaired) electrons. The lowest BCUT2D eigenvalue weighted by molar-refractivity contribution is 0.294. The van der Waals surface area contributed by atoms with Crippen molar-refractivity contribution >= 4 is 5.69 Å². The maximum atomic E-state index is 3.74. The predicted octanol–water partition coefficient (Wildman–Crippen LogP) is 3.29. The van der Waals surface area contributed by atoms with E-state index in [1.807, 2.05) is 0 Å². The molecule has 1 aromatic carbocycles. The topological polar surface area (TPSA) is 15.3 Å². The van der Waals surface area contributed by atoms with Crippen LogP contribution in [0.1, 0.15) is 24.4 Å². The number of rotatable bonds is 1. The first-order valence-electron chi connectivity index (χ1n) is 7.75. The molecule has 0 bridgehead atoms. The fourth-order valence-electron chi connectivity index (χ4n) is 4.41. The van der Waals surface area contributed by atoms with Crippen molar-refractivity contribution in [2.75, 3.05) is 18.5 Å². The smallest absolute Gasteiger partial charge is 0.0415 e. The van der Waals surface area contributed by atoms with Gasteiger partial charge >= 0.3 is 0 Å². The number of hydrogen-bond acceptors (Lipinski definition) is 2. The molecule has 20 heavy (non-hydrogen) atoms. The van der Waals surface area contributed by atoms with Crippen LogP contribution < -0.4 is 10.2 Å². The Morgan fingerprint density at radius 3 is 2.95 bits per heavy atom. The first-order valence-corrected chi connectivity index (χ1v) is 7.75. The highest BCUT2D eigenvalue weighted by Gasteiger charge is 2.44. The van der Waals surface area contributed by atoms with Gasteiger partial charge in [-0.3, -0.25) is 0 Å². The lowest BCUT2D eigenvalue weighted by Gasteiger charge is -2.46. The second-order valence-electron chi connectivity index (χ2n) is 6.26. The summed E-state index contributed by atoms with van der Waals surface area (Å²) in [6.07, 6.45) is 11.6. The molecule has 1 N–H and O–H groups in total. The fraction of sp³-hybridized carbons (Fsp3) is 0.444. The van der Waals surface area contributed by atoms with Crippen LogP contribution >= 0.6 is 0 Å². The molecule has 1 saturated heterocycles. The molecule has 0 saturated carbocycles. The standard InChI is InChI=1S/C18H22N2/c1-20-16-10-6-5-9-14(16)17-15(11-12-19-17)18(20)13-7-3-2-4-8-13/h2-7,9-10,13,15,17-19H,8,11-12H2,1H3/t13?,15-,17-,18-/m0/s1. The van der Waals surface area contributed by atoms with Crippen LogP contribution in [0.25, 0.3) is 0 Å². The zero-order chi connectivity index (χ0) is 13.5. The monoisotopic (exact) mass is 266 g/mol. The van der Waals surface area contributed by atoms with E-state index >= 15 is 0 Å². The summed E-state index contributed by atoms with van der Waals surface area (Å²) in [4.78, 5) is 2.54. The zero-order valence-corrected chi connectivity index (χ0v) is 12.0. The number of fused-ring (bicyclic) bond motifs is 3. The van der Waals surface area contributed by atoms with Crippen molar-refractivity contribution < 1.29 is 0 Å². The summed E-state index contributed by atoms with van der Waals surface area (Å²) in [7, 11) is 2.28. The summed E-state index contributed by atoms with van der Waals surface area (Å²) in [5, 5.41) is 3.74. The Kier molecular flexibility index (Phi) is 2.92. The highest BCUT2D eigenvalue weighted by molar-refractivity contribution is 5.59. The van der Waals surface area contributed by atoms with Gasteiger partial charge in [0.2, 0.25) is 0 Å². The van der Waals surface area contributed by atoms with E-state index in [1.165, 1.54) is 24.1 Å². The van der Waals surface area contributed by atoms with Gasteiger partial charge in [-0.05, 0) is 31.0 Å². The van der Waals surface area contributed by atoms with Crippen molar-refractivity contribution in [3.63, 3.8) is 0 Å². The van der Waals surface area contributed by atoms with Gasteiger partial charge in [-0.2, -0.15) is 0 Å². The van der Waals surface area contributed by atoms with E-state index in [-0.39, 0.29) is 0 Å². The Balaban J connectivity index is 1.76. The van der Waals surface area contributed by atoms with Gasteiger partial charge in [0.1, 0.15) is 0 Å². The number of benzene rings is 1. The van der Waals surface area contributed by atoms with Crippen molar-refractivity contribution in [1.29, 1.82) is 0 Å². The van der Waals surface area contributed by atoms with Gasteiger partial charge in [0, 0.05) is 36.7 Å². The first-order chi connectivity index (χ1) is 9.86. The van der Waals surface area contributed by atoms with Crippen molar-refractivity contribution in [2.24, 2.45) is 11.8 Å². The third-order valence-electron chi connectivity index (χ3n) is 5.26. The minimum atomic E-state index is 0.548. The van der Waals surface area contributed by atoms with Crippen LogP contribution in [0.3, 0.4) is 0 Å². The van der Waals surface area contributed by atoms with Gasteiger partial charge in [-0.25, -0.2) is 0 Å². The summed E-state index contributed by atoms with van der Waals surface area (Å²) in [6, 6.07) is 10.1. The lowest BCUT2D eigenvalue weighted by Crippen LogP contribution is -2.49. The summed E-state index contributed by atoms with van der Waals surface area (Å²) >= 11 is 0. The van der Waals surface area contributed by atoms with Crippen LogP contribution in [0.4, 0.5) is 5.69 Å². The van der Waals surface area contributed by atoms with E-state index in [4.69, 9.17) is 0 Å². The van der Waals surface area contributed by atoms with Crippen molar-refractivity contribution in [3.05, 3.63) is 54.1 Å². The average molecular weight is 266 g/mol. The van der Waals surface area contributed by atoms with Crippen LogP contribution in [0.2, 0.25) is 0 Å². The summed E-state index contributed by atoms with van der Waals surface area (Å²) in [5.74, 6) is 1.38. The van der Waals surface area contributed by atoms with Crippen molar-refractivity contribution in [1.82, 2.24) is 5.32 Å². The molecule has 1 unspecified atom stereocenters. The predicted molar refractivity (Wildman–Crippen MR) is 83.9 cm³/mol. The fourth-order valence-corrected chi connectivity index (χ4v) is 4.41. The molecular formula is C18H22N2. The Morgan fingerprint density at radius 2 is 2.10 bits per heavy atom. The molecule has 3 aliphatic rings. The summed E-state index contributed by atoms with van der Waals surface area (Å²) in [6.45, 7) is 1.15. The molecule has 4 rings (SSSR count). The number of para-hydroxylation sites is 1. The maximum Gasteiger partial charge on any atom is 0.0415 e. The third kappa shape index (κ3) is 1.75. The summed E-state index contributed by atoms with van der Waals surface area (Å²) < 4.78 is 0. The van der Waals surface area contributed by atoms with Crippen molar-refractivity contribution in [3.8, 4) is 0 Å². The minimum absolute atomic E-state index is 0.548. The van der Waals surface area contributed by atoms with E-state index in [1.54, 1.807) is 0 Å². The Hall–Kier alpha value is -1.54. The largest absolute Gasteiger partial charge is 0.370 e. The SMILES string of the molecule is CN1c2ccccc2[C@@H]2NCC[C@@H]2[C@@H]1C1C=CC=CC1. The molecule has 0 spiro atoms. The van der Waals surface area contributed by atoms with Crippen LogP contribution in [-0.2, 0) is 0 Å². The molecule has 0 amide bonds. The molecular weight excluding hydrogens is 244 g/mol. The van der Waals surface area contributed by atoms with Gasteiger partial charge in [-0.1, -0.05) is 42.5 Å². The molecule has 2 heterocycles. The second-order valence-corrected chi connectivity index (χ2v) is 6.26.